The van der Waals surface area contributed by atoms with Crippen LogP contribution in [0.4, 0.5) is 0 Å². The molecule has 1 aliphatic heterocycles. The van der Waals surface area contributed by atoms with Crippen molar-refractivity contribution < 1.29 is 42.5 Å². The van der Waals surface area contributed by atoms with Crippen LogP contribution >= 0.6 is 0 Å². The molecule has 0 aromatic heterocycles. The first-order chi connectivity index (χ1) is 18.5. The first kappa shape index (κ1) is 29.8. The number of morpholine rings is 1. The van der Waals surface area contributed by atoms with Crippen molar-refractivity contribution in [3.8, 4) is 0 Å². The second-order valence-corrected chi connectivity index (χ2v) is 10.8. The van der Waals surface area contributed by atoms with Gasteiger partial charge in [-0.15, -0.1) is 0 Å². The Morgan fingerprint density at radius 2 is 1.95 bits per heavy atom. The lowest BCUT2D eigenvalue weighted by Gasteiger charge is -2.31. The van der Waals surface area contributed by atoms with Crippen molar-refractivity contribution in [2.45, 2.75) is 48.8 Å². The van der Waals surface area contributed by atoms with Gasteiger partial charge in [-0.05, 0) is 25.0 Å². The molecule has 214 valence electrons. The molecule has 1 aliphatic carbocycles. The third-order valence-corrected chi connectivity index (χ3v) is 7.69. The fourth-order valence-corrected chi connectivity index (χ4v) is 5.52. The molecule has 1 unspecified atom stereocenters. The Morgan fingerprint density at radius 1 is 1.23 bits per heavy atom. The number of hydrogen-bond acceptors (Lipinski definition) is 9. The Kier molecular flexibility index (Phi) is 10.2. The highest BCUT2D eigenvalue weighted by Gasteiger charge is 2.39. The molecule has 1 aromatic carbocycles. The zero-order valence-electron chi connectivity index (χ0n) is 21.1. The van der Waals surface area contributed by atoms with Crippen molar-refractivity contribution in [2.75, 3.05) is 32.8 Å². The Morgan fingerprint density at radius 3 is 2.59 bits per heavy atom. The first-order valence-electron chi connectivity index (χ1n) is 12.2. The summed E-state index contributed by atoms with van der Waals surface area (Å²) in [6.45, 7) is 1.23. The van der Waals surface area contributed by atoms with Crippen LogP contribution in [-0.4, -0.2) is 109 Å². The lowest BCUT2D eigenvalue weighted by Crippen LogP contribution is -2.52. The molecule has 2 fully saturated rings. The third kappa shape index (κ3) is 8.62. The van der Waals surface area contributed by atoms with E-state index in [1.165, 1.54) is 23.4 Å². The van der Waals surface area contributed by atoms with Crippen LogP contribution in [0.2, 0.25) is 0 Å². The van der Waals surface area contributed by atoms with Crippen molar-refractivity contribution in [2.24, 2.45) is 10.9 Å². The number of aromatic carboxylic acids is 1. The van der Waals surface area contributed by atoms with E-state index < -0.39 is 62.8 Å². The van der Waals surface area contributed by atoms with Gasteiger partial charge in [0.25, 0.3) is 0 Å². The molecule has 16 heteroatoms. The zero-order valence-corrected chi connectivity index (χ0v) is 21.9. The van der Waals surface area contributed by atoms with Gasteiger partial charge in [-0.3, -0.25) is 14.4 Å². The van der Waals surface area contributed by atoms with Crippen molar-refractivity contribution in [1.29, 1.82) is 0 Å². The molecule has 1 heterocycles. The number of sulfonamides is 1. The predicted octanol–water partition coefficient (Wildman–Crippen LogP) is -1.39. The van der Waals surface area contributed by atoms with Crippen LogP contribution in [0.5, 0.6) is 0 Å². The topological polar surface area (TPSA) is 221 Å². The number of hydrazone groups is 1. The minimum absolute atomic E-state index is 0.0641. The normalized spacial score (nSPS) is 18.5. The van der Waals surface area contributed by atoms with E-state index in [1.807, 2.05) is 0 Å². The molecule has 6 N–H and O–H groups in total. The number of nitrogens with two attached hydrogens (primary N) is 1. The van der Waals surface area contributed by atoms with Crippen molar-refractivity contribution in [3.63, 3.8) is 0 Å². The highest BCUT2D eigenvalue weighted by atomic mass is 32.2. The van der Waals surface area contributed by atoms with Crippen LogP contribution in [0.15, 0.2) is 34.3 Å². The van der Waals surface area contributed by atoms with Gasteiger partial charge in [0.1, 0.15) is 12.4 Å². The molecule has 39 heavy (non-hydrogen) atoms. The fourth-order valence-electron chi connectivity index (χ4n) is 4.13. The summed E-state index contributed by atoms with van der Waals surface area (Å²) >= 11 is 0. The summed E-state index contributed by atoms with van der Waals surface area (Å²) in [4.78, 5) is 51.6. The van der Waals surface area contributed by atoms with Crippen molar-refractivity contribution in [1.82, 2.24) is 19.8 Å². The summed E-state index contributed by atoms with van der Waals surface area (Å²) in [5.74, 6) is 1.11. The fraction of sp³-hybridized carbons (Fsp3) is 0.522. The van der Waals surface area contributed by atoms with Crippen LogP contribution in [0.3, 0.4) is 0 Å². The molecule has 15 nitrogen and oxygen atoms in total. The lowest BCUT2D eigenvalue weighted by molar-refractivity contribution is -0.140. The minimum Gasteiger partial charge on any atom is -0.481 e. The maximum Gasteiger partial charge on any atom is 0.337 e. The van der Waals surface area contributed by atoms with E-state index in [4.69, 9.17) is 15.7 Å². The smallest absolute Gasteiger partial charge is 0.337 e. The number of carbonyl (C=O) groups is 4. The molecule has 0 spiro atoms. The summed E-state index contributed by atoms with van der Waals surface area (Å²) in [7, 11) is -4.58. The molecular weight excluding hydrogens is 536 g/mol. The van der Waals surface area contributed by atoms with Crippen LogP contribution in [0.1, 0.15) is 36.0 Å². The van der Waals surface area contributed by atoms with E-state index in [0.29, 0.717) is 32.5 Å². The van der Waals surface area contributed by atoms with Gasteiger partial charge in [-0.2, -0.15) is 9.82 Å². The number of nitrogens with one attached hydrogen (secondary N) is 2. The average molecular weight is 569 g/mol. The molecule has 0 radical (unpaired) electrons. The van der Waals surface area contributed by atoms with Crippen LogP contribution in [0, 0.1) is 0 Å². The summed E-state index contributed by atoms with van der Waals surface area (Å²) in [5.41, 5.74) is -0.509. The Bertz CT molecular complexity index is 1200. The van der Waals surface area contributed by atoms with Gasteiger partial charge in [0.05, 0.1) is 36.0 Å². The molecule has 1 saturated carbocycles. The number of nitrogens with zero attached hydrogens (tertiary/aromatic N) is 3. The average Bonchev–Trinajstić information content (AvgIpc) is 3.72. The lowest BCUT2D eigenvalue weighted by atomic mass is 10.1. The van der Waals surface area contributed by atoms with Gasteiger partial charge in [-0.1, -0.05) is 12.1 Å². The maximum absolute atomic E-state index is 13.5. The van der Waals surface area contributed by atoms with E-state index >= 15 is 0 Å². The highest BCUT2D eigenvalue weighted by molar-refractivity contribution is 7.89. The summed E-state index contributed by atoms with van der Waals surface area (Å²) in [5, 5.41) is 24.6. The molecular formula is C23H32N6O9S. The molecule has 3 rings (SSSR count). The van der Waals surface area contributed by atoms with Gasteiger partial charge in [-0.25, -0.2) is 13.2 Å². The zero-order chi connectivity index (χ0) is 28.6. The number of carbonyl (C=O) groups excluding carboxylic acids is 2. The van der Waals surface area contributed by atoms with E-state index in [1.54, 1.807) is 4.90 Å². The predicted molar refractivity (Wildman–Crippen MR) is 136 cm³/mol. The largest absolute Gasteiger partial charge is 0.481 e. The highest BCUT2D eigenvalue weighted by Crippen LogP contribution is 2.28. The van der Waals surface area contributed by atoms with E-state index in [-0.39, 0.29) is 25.6 Å². The van der Waals surface area contributed by atoms with Gasteiger partial charge in [0.15, 0.2) is 0 Å². The summed E-state index contributed by atoms with van der Waals surface area (Å²) in [6, 6.07) is 2.98. The SMILES string of the molecule is NN=CN1CCOC(CNC(=O)C[C@H](NS(=O)(=O)c2ccccc2C(=O)O)C(=O)N(CCC(=O)O)C2CC2)C1. The van der Waals surface area contributed by atoms with E-state index in [0.717, 1.165) is 12.1 Å². The number of rotatable bonds is 14. The van der Waals surface area contributed by atoms with Crippen LogP contribution < -0.4 is 15.9 Å². The van der Waals surface area contributed by atoms with E-state index in [2.05, 4.69) is 15.1 Å². The summed E-state index contributed by atoms with van der Waals surface area (Å²) < 4.78 is 34.2. The second kappa shape index (κ2) is 13.3. The summed E-state index contributed by atoms with van der Waals surface area (Å²) in [6.07, 6.45) is 1.29. The number of amides is 2. The maximum atomic E-state index is 13.5. The molecule has 0 bridgehead atoms. The Balaban J connectivity index is 1.78. The number of carboxylic acid groups (broad SMARTS) is 2. The minimum atomic E-state index is -4.58. The Labute approximate surface area is 225 Å². The number of benzene rings is 1. The standard InChI is InChI=1S/C23H32N6O9S/c24-26-14-28-9-10-38-16(13-28)12-25-20(30)11-18(22(33)29(15-5-6-15)8-7-21(31)32)27-39(36,37)19-4-2-1-3-17(19)23(34)35/h1-4,14-16,18,27H,5-13,24H2,(H,25,30)(H,31,32)(H,34,35)/t16?,18-/m0/s1. The van der Waals surface area contributed by atoms with Crippen molar-refractivity contribution >= 4 is 40.1 Å². The van der Waals surface area contributed by atoms with Crippen molar-refractivity contribution in [3.05, 3.63) is 29.8 Å². The molecule has 1 aromatic rings. The second-order valence-electron chi connectivity index (χ2n) is 9.14. The van der Waals surface area contributed by atoms with Gasteiger partial charge in [0.2, 0.25) is 21.8 Å². The molecule has 2 aliphatic rings. The quantitative estimate of drug-likeness (QED) is 0.0760. The first-order valence-corrected chi connectivity index (χ1v) is 13.7. The number of carboxylic acids is 2. The third-order valence-electron chi connectivity index (χ3n) is 6.16. The van der Waals surface area contributed by atoms with E-state index in [9.17, 15) is 32.7 Å². The number of ether oxygens (including phenoxy) is 1. The van der Waals surface area contributed by atoms with Crippen LogP contribution in [-0.2, 0) is 29.1 Å². The van der Waals surface area contributed by atoms with Gasteiger partial charge >= 0.3 is 11.9 Å². The molecule has 1 saturated heterocycles. The number of hydrogen-bond donors (Lipinski definition) is 5. The monoisotopic (exact) mass is 568 g/mol. The van der Waals surface area contributed by atoms with Crippen LogP contribution in [0.25, 0.3) is 0 Å². The van der Waals surface area contributed by atoms with Gasteiger partial charge < -0.3 is 35.9 Å². The number of aliphatic carboxylic acids is 1. The Hall–Kier alpha value is -3.76. The molecule has 2 atom stereocenters. The molecule has 2 amide bonds. The van der Waals surface area contributed by atoms with Gasteiger partial charge in [0, 0.05) is 32.2 Å².